The Balaban J connectivity index is 1.23. The van der Waals surface area contributed by atoms with Gasteiger partial charge in [-0.2, -0.15) is 0 Å². The molecule has 176 valence electrons. The van der Waals surface area contributed by atoms with Crippen molar-refractivity contribution in [2.45, 2.75) is 25.4 Å². The molecule has 1 N–H and O–H groups in total. The molecule has 0 spiro atoms. The van der Waals surface area contributed by atoms with Crippen LogP contribution in [0.5, 0.6) is 0 Å². The van der Waals surface area contributed by atoms with Gasteiger partial charge in [0.15, 0.2) is 0 Å². The highest BCUT2D eigenvalue weighted by Crippen LogP contribution is 2.26. The largest absolute Gasteiger partial charge is 0.355 e. The van der Waals surface area contributed by atoms with Crippen molar-refractivity contribution < 1.29 is 9.59 Å². The van der Waals surface area contributed by atoms with E-state index in [-0.39, 0.29) is 36.3 Å². The predicted molar refractivity (Wildman–Crippen MR) is 132 cm³/mol. The summed E-state index contributed by atoms with van der Waals surface area (Å²) in [7, 11) is 0. The van der Waals surface area contributed by atoms with Gasteiger partial charge in [0.25, 0.3) is 11.5 Å². The van der Waals surface area contributed by atoms with E-state index in [1.165, 1.54) is 4.68 Å². The predicted octanol–water partition coefficient (Wildman–Crippen LogP) is 2.74. The van der Waals surface area contributed by atoms with Crippen molar-refractivity contribution >= 4 is 22.7 Å². The summed E-state index contributed by atoms with van der Waals surface area (Å²) in [5, 5.41) is 11.5. The minimum absolute atomic E-state index is 0.0158. The first-order valence-corrected chi connectivity index (χ1v) is 11.6. The van der Waals surface area contributed by atoms with Gasteiger partial charge in [0.2, 0.25) is 5.91 Å². The van der Waals surface area contributed by atoms with Crippen LogP contribution in [0.15, 0.2) is 83.7 Å². The van der Waals surface area contributed by atoms with E-state index in [1.54, 1.807) is 24.3 Å². The van der Waals surface area contributed by atoms with E-state index < -0.39 is 0 Å². The minimum Gasteiger partial charge on any atom is -0.355 e. The number of carbonyl (C=O) groups excluding carboxylic acids is 2. The number of fused-ring (bicyclic) bond motifs is 2. The van der Waals surface area contributed by atoms with Gasteiger partial charge in [-0.05, 0) is 29.3 Å². The number of benzene rings is 3. The molecule has 0 aliphatic carbocycles. The maximum absolute atomic E-state index is 12.9. The molecule has 3 aromatic carbocycles. The summed E-state index contributed by atoms with van der Waals surface area (Å²) in [4.78, 5) is 40.0. The van der Waals surface area contributed by atoms with Gasteiger partial charge in [-0.25, -0.2) is 4.68 Å². The number of aryl methyl sites for hydroxylation is 1. The molecule has 1 aliphatic rings. The van der Waals surface area contributed by atoms with Crippen LogP contribution in [0.25, 0.3) is 10.9 Å². The van der Waals surface area contributed by atoms with Crippen LogP contribution in [0, 0.1) is 0 Å². The van der Waals surface area contributed by atoms with Crippen LogP contribution >= 0.6 is 0 Å². The van der Waals surface area contributed by atoms with Crippen molar-refractivity contribution in [3.63, 3.8) is 0 Å². The molecule has 8 nitrogen and oxygen atoms in total. The molecular weight excluding hydrogens is 442 g/mol. The Labute approximate surface area is 202 Å². The molecule has 2 heterocycles. The fourth-order valence-corrected chi connectivity index (χ4v) is 4.44. The van der Waals surface area contributed by atoms with E-state index >= 15 is 0 Å². The Morgan fingerprint density at radius 3 is 2.51 bits per heavy atom. The highest BCUT2D eigenvalue weighted by Gasteiger charge is 2.29. The molecule has 0 radical (unpaired) electrons. The molecule has 4 aromatic rings. The number of rotatable bonds is 8. The number of hydrogen-bond acceptors (Lipinski definition) is 5. The Bertz CT molecular complexity index is 1430. The molecule has 35 heavy (non-hydrogen) atoms. The zero-order chi connectivity index (χ0) is 24.2. The quantitative estimate of drug-likeness (QED) is 0.430. The third-order valence-corrected chi connectivity index (χ3v) is 6.33. The van der Waals surface area contributed by atoms with Gasteiger partial charge < -0.3 is 10.2 Å². The lowest BCUT2D eigenvalue weighted by Gasteiger charge is -2.24. The Hall–Kier alpha value is -4.33. The molecule has 0 saturated heterocycles. The van der Waals surface area contributed by atoms with E-state index in [4.69, 9.17) is 0 Å². The van der Waals surface area contributed by atoms with Crippen LogP contribution in [-0.4, -0.2) is 44.8 Å². The van der Waals surface area contributed by atoms with Gasteiger partial charge in [-0.3, -0.25) is 14.4 Å². The van der Waals surface area contributed by atoms with Crippen molar-refractivity contribution in [1.82, 2.24) is 25.2 Å². The van der Waals surface area contributed by atoms with Crippen LogP contribution in [0.4, 0.5) is 0 Å². The third-order valence-electron chi connectivity index (χ3n) is 6.33. The van der Waals surface area contributed by atoms with Gasteiger partial charge in [-0.1, -0.05) is 65.9 Å². The number of aromatic nitrogens is 3. The van der Waals surface area contributed by atoms with E-state index in [9.17, 15) is 14.4 Å². The lowest BCUT2D eigenvalue weighted by atomic mass is 9.98. The summed E-state index contributed by atoms with van der Waals surface area (Å²) >= 11 is 0. The molecule has 1 aromatic heterocycles. The lowest BCUT2D eigenvalue weighted by Crippen LogP contribution is -2.36. The smallest absolute Gasteiger partial charge is 0.277 e. The normalized spacial score (nSPS) is 13.6. The van der Waals surface area contributed by atoms with Gasteiger partial charge in [0, 0.05) is 37.5 Å². The number of nitrogens with zero attached hydrogens (tertiary/aromatic N) is 4. The van der Waals surface area contributed by atoms with E-state index in [1.807, 2.05) is 59.5 Å². The van der Waals surface area contributed by atoms with Crippen molar-refractivity contribution in [3.8, 4) is 0 Å². The zero-order valence-corrected chi connectivity index (χ0v) is 19.1. The van der Waals surface area contributed by atoms with Crippen molar-refractivity contribution in [2.75, 3.05) is 13.1 Å². The molecule has 1 atom stereocenters. The summed E-state index contributed by atoms with van der Waals surface area (Å²) in [6.45, 7) is 1.57. The second kappa shape index (κ2) is 9.89. The molecule has 0 fully saturated rings. The van der Waals surface area contributed by atoms with Gasteiger partial charge in [0.05, 0.1) is 11.9 Å². The second-order valence-electron chi connectivity index (χ2n) is 8.64. The van der Waals surface area contributed by atoms with Gasteiger partial charge in [-0.15, -0.1) is 5.10 Å². The number of hydrogen-bond donors (Lipinski definition) is 1. The number of carbonyl (C=O) groups is 2. The van der Waals surface area contributed by atoms with E-state index in [0.717, 1.165) is 16.7 Å². The standard InChI is InChI=1S/C27H25N5O3/c33-25(14-15-32-27(35)23-12-6-7-13-24(23)29-30-32)28-16-21(19-8-2-1-3-9-19)18-31-17-20-10-4-5-11-22(20)26(31)34/h1-13,21H,14-18H2,(H,28,33)/t21-/m0/s1. The average molecular weight is 468 g/mol. The first-order chi connectivity index (χ1) is 17.1. The molecule has 0 bridgehead atoms. The Morgan fingerprint density at radius 2 is 1.69 bits per heavy atom. The maximum atomic E-state index is 12.9. The minimum atomic E-state index is -0.266. The molecule has 2 amide bonds. The SMILES string of the molecule is O=C(CCn1nnc2ccccc2c1=O)NC[C@@H](CN1Cc2ccccc2C1=O)c1ccccc1. The molecular formula is C27H25N5O3. The van der Waals surface area contributed by atoms with E-state index in [2.05, 4.69) is 15.6 Å². The summed E-state index contributed by atoms with van der Waals surface area (Å²) in [6.07, 6.45) is 0.0997. The molecule has 5 rings (SSSR count). The second-order valence-corrected chi connectivity index (χ2v) is 8.64. The lowest BCUT2D eigenvalue weighted by molar-refractivity contribution is -0.121. The Morgan fingerprint density at radius 1 is 0.943 bits per heavy atom. The van der Waals surface area contributed by atoms with Gasteiger partial charge in [0.1, 0.15) is 5.52 Å². The fourth-order valence-electron chi connectivity index (χ4n) is 4.44. The van der Waals surface area contributed by atoms with Crippen LogP contribution in [-0.2, 0) is 17.9 Å². The summed E-state index contributed by atoms with van der Waals surface area (Å²) in [6, 6.07) is 24.5. The van der Waals surface area contributed by atoms with Crippen molar-refractivity contribution in [2.24, 2.45) is 0 Å². The molecule has 1 aliphatic heterocycles. The number of nitrogens with one attached hydrogen (secondary N) is 1. The average Bonchev–Trinajstić information content (AvgIpc) is 3.22. The van der Waals surface area contributed by atoms with Crippen molar-refractivity contribution in [3.05, 3.63) is 106 Å². The first-order valence-electron chi connectivity index (χ1n) is 11.6. The summed E-state index contributed by atoms with van der Waals surface area (Å²) in [5.41, 5.74) is 3.08. The highest BCUT2D eigenvalue weighted by molar-refractivity contribution is 5.98. The van der Waals surface area contributed by atoms with E-state index in [0.29, 0.717) is 30.5 Å². The molecule has 8 heteroatoms. The monoisotopic (exact) mass is 467 g/mol. The third kappa shape index (κ3) is 4.82. The summed E-state index contributed by atoms with van der Waals surface area (Å²) < 4.78 is 1.22. The van der Waals surface area contributed by atoms with Gasteiger partial charge >= 0.3 is 0 Å². The Kier molecular flexibility index (Phi) is 6.34. The molecule has 0 saturated carbocycles. The topological polar surface area (TPSA) is 97.2 Å². The van der Waals surface area contributed by atoms with Crippen LogP contribution in [0.3, 0.4) is 0 Å². The number of amides is 2. The zero-order valence-electron chi connectivity index (χ0n) is 19.1. The first kappa shape index (κ1) is 22.5. The van der Waals surface area contributed by atoms with Crippen molar-refractivity contribution in [1.29, 1.82) is 0 Å². The van der Waals surface area contributed by atoms with Crippen LogP contribution < -0.4 is 10.9 Å². The van der Waals surface area contributed by atoms with Crippen LogP contribution in [0.2, 0.25) is 0 Å². The summed E-state index contributed by atoms with van der Waals surface area (Å²) in [5.74, 6) is -0.243. The highest BCUT2D eigenvalue weighted by atomic mass is 16.2. The fraction of sp³-hybridized carbons (Fsp3) is 0.222. The molecule has 0 unspecified atom stereocenters. The van der Waals surface area contributed by atoms with Crippen LogP contribution in [0.1, 0.15) is 33.8 Å². The maximum Gasteiger partial charge on any atom is 0.277 e.